The van der Waals surface area contributed by atoms with E-state index in [1.807, 2.05) is 6.92 Å². The predicted molar refractivity (Wildman–Crippen MR) is 96.7 cm³/mol. The molecule has 5 nitrogen and oxygen atoms in total. The van der Waals surface area contributed by atoms with E-state index in [4.69, 9.17) is 9.84 Å². The van der Waals surface area contributed by atoms with E-state index in [1.165, 1.54) is 6.07 Å². The Labute approximate surface area is 152 Å². The van der Waals surface area contributed by atoms with Crippen LogP contribution in [0.2, 0.25) is 0 Å². The molecule has 0 fully saturated rings. The van der Waals surface area contributed by atoms with Crippen molar-refractivity contribution in [2.45, 2.75) is 46.0 Å². The zero-order valence-electron chi connectivity index (χ0n) is 13.0. The fraction of sp³-hybridized carbons (Fsp3) is 0.438. The normalized spacial score (nSPS) is 11.2. The maximum Gasteiger partial charge on any atom is 0.511 e. The highest BCUT2D eigenvalue weighted by Gasteiger charge is 2.19. The lowest BCUT2D eigenvalue weighted by Crippen LogP contribution is -2.05. The van der Waals surface area contributed by atoms with Crippen molar-refractivity contribution >= 4 is 49.4 Å². The van der Waals surface area contributed by atoms with Gasteiger partial charge in [0.05, 0.1) is 20.2 Å². The molecule has 0 atom stereocenters. The molecule has 0 amide bonds. The summed E-state index contributed by atoms with van der Waals surface area (Å²) in [4.78, 5) is 15.4. The third-order valence-electron chi connectivity index (χ3n) is 3.21. The Kier molecular flexibility index (Phi) is 8.28. The predicted octanol–water partition coefficient (Wildman–Crippen LogP) is 6.20. The second-order valence-electron chi connectivity index (χ2n) is 4.87. The van der Waals surface area contributed by atoms with Crippen molar-refractivity contribution in [2.24, 2.45) is 4.99 Å². The van der Waals surface area contributed by atoms with Crippen molar-refractivity contribution < 1.29 is 14.6 Å². The molecule has 0 aliphatic rings. The molecule has 1 aromatic rings. The monoisotopic (exact) mass is 444 g/mol. The molecule has 23 heavy (non-hydrogen) atoms. The van der Waals surface area contributed by atoms with Gasteiger partial charge in [0.25, 0.3) is 0 Å². The Morgan fingerprint density at radius 2 is 2.09 bits per heavy atom. The zero-order chi connectivity index (χ0) is 17.4. The van der Waals surface area contributed by atoms with Crippen LogP contribution in [0, 0.1) is 11.3 Å². The molecule has 0 aromatic heterocycles. The highest BCUT2D eigenvalue weighted by molar-refractivity contribution is 9.11. The number of rotatable bonds is 7. The molecule has 0 radical (unpaired) electrons. The lowest BCUT2D eigenvalue weighted by atomic mass is 10.1. The number of nitrogens with zero attached hydrogens (tertiary/aromatic N) is 2. The summed E-state index contributed by atoms with van der Waals surface area (Å²) in [6, 6.07) is 3.60. The zero-order valence-corrected chi connectivity index (χ0v) is 16.2. The Bertz CT molecular complexity index is 652. The topological polar surface area (TPSA) is 82.7 Å². The van der Waals surface area contributed by atoms with Gasteiger partial charge in [-0.15, -0.1) is 0 Å². The largest absolute Gasteiger partial charge is 0.511 e. The van der Waals surface area contributed by atoms with E-state index in [-0.39, 0.29) is 5.75 Å². The SMILES string of the molecule is CCCCCC(CC)=Nc1c(C#N)cc(Br)c(OC(=O)O)c1Br. The van der Waals surface area contributed by atoms with Crippen molar-refractivity contribution in [3.05, 3.63) is 20.6 Å². The van der Waals surface area contributed by atoms with Gasteiger partial charge in [0.2, 0.25) is 0 Å². The van der Waals surface area contributed by atoms with E-state index in [9.17, 15) is 10.1 Å². The van der Waals surface area contributed by atoms with Gasteiger partial charge in [-0.25, -0.2) is 4.79 Å². The highest BCUT2D eigenvalue weighted by Crippen LogP contribution is 2.43. The van der Waals surface area contributed by atoms with Gasteiger partial charge in [-0.2, -0.15) is 5.26 Å². The molecule has 0 unspecified atom stereocenters. The number of carbonyl (C=O) groups is 1. The molecule has 1 rings (SSSR count). The molecule has 1 N–H and O–H groups in total. The summed E-state index contributed by atoms with van der Waals surface area (Å²) < 4.78 is 5.51. The summed E-state index contributed by atoms with van der Waals surface area (Å²) in [6.07, 6.45) is 3.49. The average Bonchev–Trinajstić information content (AvgIpc) is 2.52. The van der Waals surface area contributed by atoms with Gasteiger partial charge < -0.3 is 9.84 Å². The van der Waals surface area contributed by atoms with Crippen LogP contribution < -0.4 is 4.74 Å². The number of ether oxygens (including phenoxy) is 1. The molecule has 124 valence electrons. The number of aliphatic imine (C=N–C) groups is 1. The van der Waals surface area contributed by atoms with Crippen LogP contribution in [0.4, 0.5) is 10.5 Å². The van der Waals surface area contributed by atoms with Crippen molar-refractivity contribution in [3.63, 3.8) is 0 Å². The van der Waals surface area contributed by atoms with Gasteiger partial charge in [0.1, 0.15) is 6.07 Å². The van der Waals surface area contributed by atoms with E-state index in [0.29, 0.717) is 20.2 Å². The van der Waals surface area contributed by atoms with E-state index in [1.54, 1.807) is 0 Å². The Morgan fingerprint density at radius 1 is 1.39 bits per heavy atom. The third-order valence-corrected chi connectivity index (χ3v) is 4.53. The van der Waals surface area contributed by atoms with Crippen LogP contribution >= 0.6 is 31.9 Å². The average molecular weight is 446 g/mol. The van der Waals surface area contributed by atoms with E-state index >= 15 is 0 Å². The highest BCUT2D eigenvalue weighted by atomic mass is 79.9. The fourth-order valence-corrected chi connectivity index (χ4v) is 3.39. The molecule has 7 heteroatoms. The van der Waals surface area contributed by atoms with E-state index < -0.39 is 6.16 Å². The van der Waals surface area contributed by atoms with Crippen LogP contribution in [0.3, 0.4) is 0 Å². The molecule has 1 aromatic carbocycles. The summed E-state index contributed by atoms with van der Waals surface area (Å²) in [7, 11) is 0. The summed E-state index contributed by atoms with van der Waals surface area (Å²) in [5.74, 6) is 0.0965. The number of hydrogen-bond donors (Lipinski definition) is 1. The van der Waals surface area contributed by atoms with Crippen molar-refractivity contribution in [3.8, 4) is 11.8 Å². The minimum atomic E-state index is -1.43. The van der Waals surface area contributed by atoms with Gasteiger partial charge in [-0.1, -0.05) is 26.7 Å². The minimum absolute atomic E-state index is 0.0965. The second-order valence-corrected chi connectivity index (χ2v) is 6.51. The van der Waals surface area contributed by atoms with Crippen LogP contribution in [-0.2, 0) is 0 Å². The minimum Gasteiger partial charge on any atom is -0.449 e. The Morgan fingerprint density at radius 3 is 2.61 bits per heavy atom. The maximum absolute atomic E-state index is 10.8. The molecule has 0 saturated carbocycles. The Hall–Kier alpha value is -1.39. The van der Waals surface area contributed by atoms with Crippen molar-refractivity contribution in [1.29, 1.82) is 5.26 Å². The molecule has 0 spiro atoms. The van der Waals surface area contributed by atoms with Gasteiger partial charge >= 0.3 is 6.16 Å². The summed E-state index contributed by atoms with van der Waals surface area (Å²) in [5, 5.41) is 18.2. The molecule has 0 saturated heterocycles. The summed E-state index contributed by atoms with van der Waals surface area (Å²) in [6.45, 7) is 4.15. The first-order valence-corrected chi connectivity index (χ1v) is 8.92. The number of benzene rings is 1. The van der Waals surface area contributed by atoms with Gasteiger partial charge in [0, 0.05) is 5.71 Å². The van der Waals surface area contributed by atoms with Crippen LogP contribution in [0.25, 0.3) is 0 Å². The smallest absolute Gasteiger partial charge is 0.449 e. The first-order valence-electron chi connectivity index (χ1n) is 7.33. The van der Waals surface area contributed by atoms with Crippen LogP contribution in [0.5, 0.6) is 5.75 Å². The van der Waals surface area contributed by atoms with Crippen LogP contribution in [-0.4, -0.2) is 17.0 Å². The van der Waals surface area contributed by atoms with E-state index in [0.717, 1.165) is 37.8 Å². The standard InChI is InChI=1S/C16H18Br2N2O3/c1-3-5-6-7-11(4-2)20-14-10(9-19)8-12(17)15(13(14)18)23-16(21)22/h8H,3-7H2,1-2H3,(H,21,22). The van der Waals surface area contributed by atoms with Gasteiger partial charge in [-0.3, -0.25) is 4.99 Å². The summed E-state index contributed by atoms with van der Waals surface area (Å²) in [5.41, 5.74) is 1.72. The molecule has 0 aliphatic carbocycles. The lowest BCUT2D eigenvalue weighted by Gasteiger charge is -2.11. The van der Waals surface area contributed by atoms with Gasteiger partial charge in [0.15, 0.2) is 5.75 Å². The Balaban J connectivity index is 3.32. The number of nitriles is 1. The molecular formula is C16H18Br2N2O3. The molecular weight excluding hydrogens is 428 g/mol. The van der Waals surface area contributed by atoms with Crippen LogP contribution in [0.15, 0.2) is 20.0 Å². The van der Waals surface area contributed by atoms with Gasteiger partial charge in [-0.05, 0) is 57.2 Å². The van der Waals surface area contributed by atoms with Crippen molar-refractivity contribution in [1.82, 2.24) is 0 Å². The first kappa shape index (κ1) is 19.7. The van der Waals surface area contributed by atoms with Crippen molar-refractivity contribution in [2.75, 3.05) is 0 Å². The molecule has 0 bridgehead atoms. The number of halogens is 2. The quantitative estimate of drug-likeness (QED) is 0.234. The van der Waals surface area contributed by atoms with Crippen LogP contribution in [0.1, 0.15) is 51.5 Å². The fourth-order valence-electron chi connectivity index (χ4n) is 2.02. The maximum atomic E-state index is 10.8. The first-order chi connectivity index (χ1) is 10.9. The lowest BCUT2D eigenvalue weighted by molar-refractivity contribution is 0.144. The number of unbranched alkanes of at least 4 members (excludes halogenated alkanes) is 2. The second kappa shape index (κ2) is 9.68. The third kappa shape index (κ3) is 5.63. The number of hydrogen-bond acceptors (Lipinski definition) is 4. The number of carboxylic acid groups (broad SMARTS) is 1. The summed E-state index contributed by atoms with van der Waals surface area (Å²) >= 11 is 6.53. The molecule has 0 aliphatic heterocycles. The van der Waals surface area contributed by atoms with E-state index in [2.05, 4.69) is 49.8 Å². The molecule has 0 heterocycles.